The third-order valence-electron chi connectivity index (χ3n) is 6.11. The van der Waals surface area contributed by atoms with Gasteiger partial charge in [0.2, 0.25) is 0 Å². The summed E-state index contributed by atoms with van der Waals surface area (Å²) >= 11 is 1.25. The van der Waals surface area contributed by atoms with Crippen molar-refractivity contribution in [3.05, 3.63) is 78.5 Å². The van der Waals surface area contributed by atoms with E-state index in [0.29, 0.717) is 62.4 Å². The molecule has 2 aromatic carbocycles. The molecule has 0 bridgehead atoms. The molecule has 0 spiro atoms. The van der Waals surface area contributed by atoms with E-state index in [9.17, 15) is 9.59 Å². The third-order valence-corrected chi connectivity index (χ3v) is 7.09. The number of rotatable bonds is 10. The molecule has 4 rings (SSSR count). The molecule has 0 saturated carbocycles. The molecule has 0 saturated heterocycles. The molecule has 1 aliphatic rings. The molecular weight excluding hydrogens is 520 g/mol. The van der Waals surface area contributed by atoms with Crippen LogP contribution in [0.3, 0.4) is 0 Å². The quantitative estimate of drug-likeness (QED) is 0.355. The van der Waals surface area contributed by atoms with Gasteiger partial charge in [-0.1, -0.05) is 23.5 Å². The number of esters is 1. The summed E-state index contributed by atoms with van der Waals surface area (Å²) in [4.78, 5) is 32.2. The Morgan fingerprint density at radius 2 is 1.59 bits per heavy atom. The molecule has 3 aromatic rings. The van der Waals surface area contributed by atoms with E-state index in [1.165, 1.54) is 11.3 Å². The number of methoxy groups -OCH3 is 2. The Kier molecular flexibility index (Phi) is 8.75. The van der Waals surface area contributed by atoms with Gasteiger partial charge in [0.05, 0.1) is 55.9 Å². The molecule has 0 aliphatic carbocycles. The highest BCUT2D eigenvalue weighted by Gasteiger charge is 2.34. The number of ether oxygens (including phenoxy) is 5. The number of hydrogen-bond acceptors (Lipinski definition) is 9. The lowest BCUT2D eigenvalue weighted by Crippen LogP contribution is -2.40. The van der Waals surface area contributed by atoms with Crippen LogP contribution in [0.25, 0.3) is 6.08 Å². The van der Waals surface area contributed by atoms with Crippen LogP contribution in [0.1, 0.15) is 44.9 Å². The third kappa shape index (κ3) is 5.56. The van der Waals surface area contributed by atoms with Crippen molar-refractivity contribution >= 4 is 23.4 Å². The van der Waals surface area contributed by atoms with Crippen molar-refractivity contribution in [3.8, 4) is 23.0 Å². The average molecular weight is 553 g/mol. The topological polar surface area (TPSA) is 97.6 Å². The normalized spacial score (nSPS) is 14.9. The molecule has 0 unspecified atom stereocenters. The Morgan fingerprint density at radius 3 is 2.21 bits per heavy atom. The number of nitrogens with zero attached hydrogens (tertiary/aromatic N) is 2. The van der Waals surface area contributed by atoms with Crippen molar-refractivity contribution < 1.29 is 28.5 Å². The average Bonchev–Trinajstić information content (AvgIpc) is 3.22. The Balaban J connectivity index is 1.93. The minimum absolute atomic E-state index is 0.194. The van der Waals surface area contributed by atoms with E-state index in [2.05, 4.69) is 4.99 Å². The minimum atomic E-state index is -0.762. The van der Waals surface area contributed by atoms with Gasteiger partial charge in [0, 0.05) is 0 Å². The van der Waals surface area contributed by atoms with Crippen molar-refractivity contribution in [3.63, 3.8) is 0 Å². The van der Waals surface area contributed by atoms with Crippen molar-refractivity contribution in [1.82, 2.24) is 4.57 Å². The molecule has 0 amide bonds. The molecule has 1 atom stereocenters. The lowest BCUT2D eigenvalue weighted by Gasteiger charge is -2.25. The van der Waals surface area contributed by atoms with Gasteiger partial charge in [-0.15, -0.1) is 0 Å². The second-order valence-corrected chi connectivity index (χ2v) is 9.50. The van der Waals surface area contributed by atoms with E-state index in [0.717, 1.165) is 5.56 Å². The summed E-state index contributed by atoms with van der Waals surface area (Å²) < 4.78 is 29.7. The summed E-state index contributed by atoms with van der Waals surface area (Å²) in [6.07, 6.45) is 1.78. The number of fused-ring (bicyclic) bond motifs is 1. The van der Waals surface area contributed by atoms with Gasteiger partial charge in [0.25, 0.3) is 5.56 Å². The number of benzene rings is 2. The molecule has 0 fully saturated rings. The Hall–Kier alpha value is -4.05. The van der Waals surface area contributed by atoms with Crippen LogP contribution in [-0.4, -0.2) is 44.6 Å². The van der Waals surface area contributed by atoms with Crippen LogP contribution in [0.2, 0.25) is 0 Å². The van der Waals surface area contributed by atoms with E-state index in [1.807, 2.05) is 32.0 Å². The van der Waals surface area contributed by atoms with Gasteiger partial charge in [0.15, 0.2) is 27.8 Å². The second-order valence-electron chi connectivity index (χ2n) is 8.49. The summed E-state index contributed by atoms with van der Waals surface area (Å²) in [5.41, 5.74) is 1.95. The molecule has 0 N–H and O–H groups in total. The summed E-state index contributed by atoms with van der Waals surface area (Å²) in [6.45, 7) is 8.35. The molecule has 1 aromatic heterocycles. The fourth-order valence-electron chi connectivity index (χ4n) is 4.44. The molecule has 39 heavy (non-hydrogen) atoms. The zero-order valence-corrected chi connectivity index (χ0v) is 23.7. The van der Waals surface area contributed by atoms with E-state index in [-0.39, 0.29) is 12.2 Å². The number of aromatic nitrogens is 1. The summed E-state index contributed by atoms with van der Waals surface area (Å²) in [6, 6.07) is 10.1. The fraction of sp³-hybridized carbons (Fsp3) is 0.345. The largest absolute Gasteiger partial charge is 0.493 e. The van der Waals surface area contributed by atoms with Gasteiger partial charge >= 0.3 is 5.97 Å². The highest BCUT2D eigenvalue weighted by molar-refractivity contribution is 7.07. The number of hydrogen-bond donors (Lipinski definition) is 0. The molecule has 10 heteroatoms. The van der Waals surface area contributed by atoms with Crippen molar-refractivity contribution in [2.75, 3.05) is 34.0 Å². The number of allylic oxidation sites excluding steroid dienone is 1. The first-order valence-electron chi connectivity index (χ1n) is 12.7. The maximum Gasteiger partial charge on any atom is 0.338 e. The van der Waals surface area contributed by atoms with Gasteiger partial charge in [-0.3, -0.25) is 9.36 Å². The molecule has 206 valence electrons. The highest BCUT2D eigenvalue weighted by Crippen LogP contribution is 2.36. The predicted octanol–water partition coefficient (Wildman–Crippen LogP) is 3.61. The van der Waals surface area contributed by atoms with Crippen LogP contribution in [0, 0.1) is 0 Å². The Morgan fingerprint density at radius 1 is 0.949 bits per heavy atom. The van der Waals surface area contributed by atoms with Crippen molar-refractivity contribution in [2.24, 2.45) is 4.99 Å². The van der Waals surface area contributed by atoms with Crippen LogP contribution in [0.5, 0.6) is 23.0 Å². The number of thiazole rings is 1. The van der Waals surface area contributed by atoms with Crippen molar-refractivity contribution in [1.29, 1.82) is 0 Å². The van der Waals surface area contributed by atoms with Crippen LogP contribution in [0.15, 0.2) is 57.5 Å². The SMILES string of the molecule is CCOC(=O)C1=C(C)N=c2s/c(=C\c3ccc(OC)c(OCC)c3)c(=O)n2[C@H]1c1ccc(OC)c(OCC)c1. The number of carbonyl (C=O) groups is 1. The van der Waals surface area contributed by atoms with E-state index in [1.54, 1.807) is 56.9 Å². The standard InChI is InChI=1S/C29H32N2O7S/c1-7-36-22-14-18(10-12-20(22)34-5)15-24-27(32)31-26(19-11-13-21(35-6)23(16-19)37-8-2)25(28(33)38-9-3)17(4)30-29(31)39-24/h10-16,26H,7-9H2,1-6H3/b24-15-/t26-/m0/s1. The monoisotopic (exact) mass is 552 g/mol. The van der Waals surface area contributed by atoms with Crippen LogP contribution in [-0.2, 0) is 9.53 Å². The van der Waals surface area contributed by atoms with Crippen molar-refractivity contribution in [2.45, 2.75) is 33.7 Å². The van der Waals surface area contributed by atoms with Crippen LogP contribution < -0.4 is 33.8 Å². The first kappa shape index (κ1) is 28.0. The first-order valence-corrected chi connectivity index (χ1v) is 13.5. The van der Waals surface area contributed by atoms with Gasteiger partial charge in [-0.05, 0) is 69.2 Å². The zero-order valence-electron chi connectivity index (χ0n) is 22.9. The maximum absolute atomic E-state index is 13.9. The highest BCUT2D eigenvalue weighted by atomic mass is 32.1. The van der Waals surface area contributed by atoms with Gasteiger partial charge in [0.1, 0.15) is 0 Å². The summed E-state index contributed by atoms with van der Waals surface area (Å²) in [5, 5.41) is 0. The smallest absolute Gasteiger partial charge is 0.338 e. The molecule has 2 heterocycles. The van der Waals surface area contributed by atoms with E-state index >= 15 is 0 Å². The summed E-state index contributed by atoms with van der Waals surface area (Å²) in [5.74, 6) is 1.73. The Bertz CT molecular complexity index is 1590. The fourth-order valence-corrected chi connectivity index (χ4v) is 5.49. The minimum Gasteiger partial charge on any atom is -0.493 e. The van der Waals surface area contributed by atoms with Crippen LogP contribution >= 0.6 is 11.3 Å². The van der Waals surface area contributed by atoms with Gasteiger partial charge < -0.3 is 23.7 Å². The number of carbonyl (C=O) groups excluding carboxylic acids is 1. The predicted molar refractivity (Wildman–Crippen MR) is 149 cm³/mol. The zero-order chi connectivity index (χ0) is 28.1. The lowest BCUT2D eigenvalue weighted by molar-refractivity contribution is -0.139. The first-order chi connectivity index (χ1) is 18.9. The molecule has 0 radical (unpaired) electrons. The maximum atomic E-state index is 13.9. The second kappa shape index (κ2) is 12.2. The van der Waals surface area contributed by atoms with Crippen LogP contribution in [0.4, 0.5) is 0 Å². The van der Waals surface area contributed by atoms with Gasteiger partial charge in [-0.2, -0.15) is 0 Å². The van der Waals surface area contributed by atoms with E-state index < -0.39 is 12.0 Å². The lowest BCUT2D eigenvalue weighted by atomic mass is 9.95. The molecular formula is C29H32N2O7S. The molecule has 9 nitrogen and oxygen atoms in total. The molecule has 1 aliphatic heterocycles. The van der Waals surface area contributed by atoms with E-state index in [4.69, 9.17) is 23.7 Å². The van der Waals surface area contributed by atoms with Gasteiger partial charge in [-0.25, -0.2) is 9.79 Å². The Labute approximate surface area is 230 Å². The summed E-state index contributed by atoms with van der Waals surface area (Å²) in [7, 11) is 3.14.